The summed E-state index contributed by atoms with van der Waals surface area (Å²) in [4.78, 5) is 11.6. The monoisotopic (exact) mass is 263 g/mol. The third-order valence-corrected chi connectivity index (χ3v) is 3.29. The van der Waals surface area contributed by atoms with Gasteiger partial charge in [0.1, 0.15) is 6.04 Å². The van der Waals surface area contributed by atoms with Crippen molar-refractivity contribution in [3.63, 3.8) is 0 Å². The zero-order valence-corrected chi connectivity index (χ0v) is 12.4. The summed E-state index contributed by atoms with van der Waals surface area (Å²) in [7, 11) is 0. The highest BCUT2D eigenvalue weighted by Crippen LogP contribution is 2.18. The van der Waals surface area contributed by atoms with Gasteiger partial charge in [0.05, 0.1) is 6.61 Å². The number of carbonyl (C=O) groups is 1. The highest BCUT2D eigenvalue weighted by Gasteiger charge is 2.18. The predicted molar refractivity (Wildman–Crippen MR) is 78.1 cm³/mol. The summed E-state index contributed by atoms with van der Waals surface area (Å²) in [5.41, 5.74) is 2.55. The first kappa shape index (κ1) is 15.7. The molecule has 106 valence electrons. The van der Waals surface area contributed by atoms with E-state index in [0.717, 1.165) is 12.8 Å². The van der Waals surface area contributed by atoms with Gasteiger partial charge in [-0.1, -0.05) is 38.1 Å². The van der Waals surface area contributed by atoms with Gasteiger partial charge in [-0.2, -0.15) is 0 Å². The number of hydrogen-bond acceptors (Lipinski definition) is 3. The number of benzene rings is 1. The Labute approximate surface area is 116 Å². The highest BCUT2D eigenvalue weighted by atomic mass is 16.5. The Balaban J connectivity index is 2.68. The lowest BCUT2D eigenvalue weighted by atomic mass is 10.0. The summed E-state index contributed by atoms with van der Waals surface area (Å²) in [5.74, 6) is -0.189. The minimum absolute atomic E-state index is 0.185. The van der Waals surface area contributed by atoms with Crippen molar-refractivity contribution in [2.24, 2.45) is 0 Å². The maximum atomic E-state index is 11.6. The second-order valence-corrected chi connectivity index (χ2v) is 4.70. The molecule has 0 fully saturated rings. The molecule has 0 heterocycles. The van der Waals surface area contributed by atoms with E-state index in [4.69, 9.17) is 4.74 Å². The van der Waals surface area contributed by atoms with Crippen molar-refractivity contribution in [2.45, 2.75) is 52.6 Å². The molecule has 0 aromatic heterocycles. The maximum Gasteiger partial charge on any atom is 0.322 e. The number of hydrogen-bond donors (Lipinski definition) is 1. The Morgan fingerprint density at radius 3 is 2.32 bits per heavy atom. The van der Waals surface area contributed by atoms with Gasteiger partial charge < -0.3 is 4.74 Å². The lowest BCUT2D eigenvalue weighted by molar-refractivity contribution is -0.145. The first-order chi connectivity index (χ1) is 9.12. The van der Waals surface area contributed by atoms with Crippen LogP contribution in [0, 0.1) is 0 Å². The van der Waals surface area contributed by atoms with Gasteiger partial charge in [-0.25, -0.2) is 0 Å². The Bertz CT molecular complexity index is 386. The fourth-order valence-corrected chi connectivity index (χ4v) is 2.07. The lowest BCUT2D eigenvalue weighted by Gasteiger charge is -2.21. The number of carbonyl (C=O) groups excluding carboxylic acids is 1. The molecule has 3 heteroatoms. The Morgan fingerprint density at radius 2 is 1.84 bits per heavy atom. The summed E-state index contributed by atoms with van der Waals surface area (Å²) in [6.07, 6.45) is 1.99. The van der Waals surface area contributed by atoms with Gasteiger partial charge in [-0.15, -0.1) is 0 Å². The Kier molecular flexibility index (Phi) is 6.57. The molecule has 0 bridgehead atoms. The fraction of sp³-hybridized carbons (Fsp3) is 0.562. The van der Waals surface area contributed by atoms with Crippen LogP contribution in [-0.4, -0.2) is 18.6 Å². The molecular formula is C16H25NO2. The van der Waals surface area contributed by atoms with E-state index in [0.29, 0.717) is 6.61 Å². The first-order valence-electron chi connectivity index (χ1n) is 7.13. The van der Waals surface area contributed by atoms with Crippen molar-refractivity contribution < 1.29 is 9.53 Å². The summed E-state index contributed by atoms with van der Waals surface area (Å²) in [5, 5.41) is 3.33. The summed E-state index contributed by atoms with van der Waals surface area (Å²) < 4.78 is 5.02. The Morgan fingerprint density at radius 1 is 1.21 bits per heavy atom. The van der Waals surface area contributed by atoms with Crippen molar-refractivity contribution in [1.82, 2.24) is 5.32 Å². The molecule has 0 aliphatic carbocycles. The molecule has 1 aromatic carbocycles. The molecule has 3 nitrogen and oxygen atoms in total. The smallest absolute Gasteiger partial charge is 0.322 e. The van der Waals surface area contributed by atoms with Crippen molar-refractivity contribution in [3.05, 3.63) is 35.4 Å². The molecule has 2 atom stereocenters. The molecule has 0 radical (unpaired) electrons. The van der Waals surface area contributed by atoms with E-state index < -0.39 is 0 Å². The number of ether oxygens (including phenoxy) is 1. The molecule has 0 saturated heterocycles. The van der Waals surface area contributed by atoms with Crippen LogP contribution in [0.1, 0.15) is 51.3 Å². The molecular weight excluding hydrogens is 238 g/mol. The van der Waals surface area contributed by atoms with Crippen LogP contribution in [0.25, 0.3) is 0 Å². The van der Waals surface area contributed by atoms with Gasteiger partial charge in [-0.05, 0) is 37.8 Å². The van der Waals surface area contributed by atoms with E-state index in [1.165, 1.54) is 11.1 Å². The third kappa shape index (κ3) is 4.67. The molecule has 0 amide bonds. The SMILES string of the molecule is CCOC(=O)C(C)NC(CC)c1ccc(CC)cc1. The quantitative estimate of drug-likeness (QED) is 0.767. The first-order valence-corrected chi connectivity index (χ1v) is 7.13. The molecule has 1 N–H and O–H groups in total. The average molecular weight is 263 g/mol. The van der Waals surface area contributed by atoms with Crippen molar-refractivity contribution in [3.8, 4) is 0 Å². The second kappa shape index (κ2) is 7.95. The fourth-order valence-electron chi connectivity index (χ4n) is 2.07. The standard InChI is InChI=1S/C16H25NO2/c1-5-13-8-10-14(11-9-13)15(6-2)17-12(4)16(18)19-7-3/h8-12,15,17H,5-7H2,1-4H3. The van der Waals surface area contributed by atoms with Gasteiger partial charge in [0.25, 0.3) is 0 Å². The predicted octanol–water partition coefficient (Wildman–Crippen LogP) is 3.24. The van der Waals surface area contributed by atoms with E-state index in [2.05, 4.69) is 43.4 Å². The van der Waals surface area contributed by atoms with Gasteiger partial charge in [0, 0.05) is 6.04 Å². The number of aryl methyl sites for hydroxylation is 1. The number of rotatable bonds is 7. The number of nitrogens with one attached hydrogen (secondary N) is 1. The third-order valence-electron chi connectivity index (χ3n) is 3.29. The summed E-state index contributed by atoms with van der Waals surface area (Å²) >= 11 is 0. The van der Waals surface area contributed by atoms with Gasteiger partial charge in [0.15, 0.2) is 0 Å². The minimum Gasteiger partial charge on any atom is -0.465 e. The van der Waals surface area contributed by atoms with Crippen LogP contribution in [0.2, 0.25) is 0 Å². The van der Waals surface area contributed by atoms with E-state index >= 15 is 0 Å². The molecule has 0 spiro atoms. The topological polar surface area (TPSA) is 38.3 Å². The molecule has 1 aromatic rings. The van der Waals surface area contributed by atoms with Crippen LogP contribution >= 0.6 is 0 Å². The second-order valence-electron chi connectivity index (χ2n) is 4.70. The van der Waals surface area contributed by atoms with E-state index in [1.807, 2.05) is 13.8 Å². The lowest BCUT2D eigenvalue weighted by Crippen LogP contribution is -2.37. The summed E-state index contributed by atoms with van der Waals surface area (Å²) in [6.45, 7) is 8.36. The van der Waals surface area contributed by atoms with Gasteiger partial charge in [-0.3, -0.25) is 10.1 Å². The Hall–Kier alpha value is -1.35. The van der Waals surface area contributed by atoms with Crippen LogP contribution in [0.5, 0.6) is 0 Å². The molecule has 2 unspecified atom stereocenters. The van der Waals surface area contributed by atoms with E-state index in [9.17, 15) is 4.79 Å². The largest absolute Gasteiger partial charge is 0.465 e. The highest BCUT2D eigenvalue weighted by molar-refractivity contribution is 5.75. The summed E-state index contributed by atoms with van der Waals surface area (Å²) in [6, 6.07) is 8.47. The van der Waals surface area contributed by atoms with E-state index in [1.54, 1.807) is 0 Å². The van der Waals surface area contributed by atoms with Crippen LogP contribution in [0.15, 0.2) is 24.3 Å². The molecule has 19 heavy (non-hydrogen) atoms. The zero-order valence-electron chi connectivity index (χ0n) is 12.4. The number of esters is 1. The normalized spacial score (nSPS) is 13.9. The molecule has 0 aliphatic heterocycles. The molecule has 0 aliphatic rings. The van der Waals surface area contributed by atoms with Gasteiger partial charge in [0.2, 0.25) is 0 Å². The maximum absolute atomic E-state index is 11.6. The molecule has 1 rings (SSSR count). The minimum atomic E-state index is -0.282. The van der Waals surface area contributed by atoms with Crippen molar-refractivity contribution >= 4 is 5.97 Å². The zero-order chi connectivity index (χ0) is 14.3. The molecule has 0 saturated carbocycles. The van der Waals surface area contributed by atoms with Gasteiger partial charge >= 0.3 is 5.97 Å². The van der Waals surface area contributed by atoms with Crippen LogP contribution in [0.4, 0.5) is 0 Å². The van der Waals surface area contributed by atoms with Crippen LogP contribution in [-0.2, 0) is 16.0 Å². The van der Waals surface area contributed by atoms with Crippen molar-refractivity contribution in [1.29, 1.82) is 0 Å². The van der Waals surface area contributed by atoms with Crippen LogP contribution < -0.4 is 5.32 Å². The van der Waals surface area contributed by atoms with Crippen LogP contribution in [0.3, 0.4) is 0 Å². The average Bonchev–Trinajstić information content (AvgIpc) is 2.45. The van der Waals surface area contributed by atoms with E-state index in [-0.39, 0.29) is 18.1 Å². The van der Waals surface area contributed by atoms with Crippen molar-refractivity contribution in [2.75, 3.05) is 6.61 Å².